The van der Waals surface area contributed by atoms with Gasteiger partial charge in [-0.3, -0.25) is 0 Å². The van der Waals surface area contributed by atoms with Gasteiger partial charge in [0.2, 0.25) is 0 Å². The number of hydrogen-bond acceptors (Lipinski definition) is 2. The smallest absolute Gasteiger partial charge is 0.122 e. The molecule has 0 fully saturated rings. The monoisotopic (exact) mass is 293 g/mol. The summed E-state index contributed by atoms with van der Waals surface area (Å²) in [7, 11) is 0. The fraction of sp³-hybridized carbons (Fsp3) is 0.400. The van der Waals surface area contributed by atoms with Crippen molar-refractivity contribution in [3.8, 4) is 5.75 Å². The van der Waals surface area contributed by atoms with Crippen LogP contribution in [-0.4, -0.2) is 13.2 Å². The first-order valence-corrected chi connectivity index (χ1v) is 8.31. The molecule has 2 heterocycles. The van der Waals surface area contributed by atoms with E-state index in [9.17, 15) is 0 Å². The lowest BCUT2D eigenvalue weighted by molar-refractivity contribution is 0.221. The van der Waals surface area contributed by atoms with E-state index >= 15 is 0 Å². The van der Waals surface area contributed by atoms with E-state index < -0.39 is 0 Å². The molecule has 2 heteroatoms. The van der Waals surface area contributed by atoms with Gasteiger partial charge in [-0.25, -0.2) is 0 Å². The van der Waals surface area contributed by atoms with Gasteiger partial charge in [-0.2, -0.15) is 0 Å². The first-order valence-electron chi connectivity index (χ1n) is 8.31. The molecule has 2 aliphatic rings. The molecule has 4 rings (SSSR count). The minimum absolute atomic E-state index is 0.592. The van der Waals surface area contributed by atoms with Crippen LogP contribution < -0.4 is 10.1 Å². The van der Waals surface area contributed by atoms with Crippen LogP contribution in [-0.2, 0) is 25.8 Å². The highest BCUT2D eigenvalue weighted by Gasteiger charge is 2.20. The van der Waals surface area contributed by atoms with Crippen molar-refractivity contribution in [2.75, 3.05) is 13.2 Å². The lowest BCUT2D eigenvalue weighted by atomic mass is 9.88. The molecule has 0 saturated heterocycles. The van der Waals surface area contributed by atoms with Crippen LogP contribution in [0, 0.1) is 12.8 Å². The molecule has 2 nitrogen and oxygen atoms in total. The van der Waals surface area contributed by atoms with E-state index in [4.69, 9.17) is 4.74 Å². The topological polar surface area (TPSA) is 21.3 Å². The Morgan fingerprint density at radius 1 is 1.09 bits per heavy atom. The Bertz CT molecular complexity index is 692. The Morgan fingerprint density at radius 3 is 3.00 bits per heavy atom. The molecular weight excluding hydrogens is 270 g/mol. The quantitative estimate of drug-likeness (QED) is 0.916. The predicted molar refractivity (Wildman–Crippen MR) is 89.4 cm³/mol. The largest absolute Gasteiger partial charge is 0.493 e. The SMILES string of the molecule is Cc1ccc2c(c1)CC(Cc1ccc3c(c1)CCNC3)CO2. The van der Waals surface area contributed by atoms with Crippen molar-refractivity contribution < 1.29 is 4.74 Å². The second-order valence-corrected chi connectivity index (χ2v) is 6.73. The second kappa shape index (κ2) is 5.77. The summed E-state index contributed by atoms with van der Waals surface area (Å²) in [6.45, 7) is 5.13. The van der Waals surface area contributed by atoms with Gasteiger partial charge in [0, 0.05) is 12.5 Å². The first-order chi connectivity index (χ1) is 10.8. The minimum atomic E-state index is 0.592. The summed E-state index contributed by atoms with van der Waals surface area (Å²) in [4.78, 5) is 0. The fourth-order valence-corrected chi connectivity index (χ4v) is 3.71. The number of benzene rings is 2. The highest BCUT2D eigenvalue weighted by Crippen LogP contribution is 2.30. The first kappa shape index (κ1) is 13.8. The summed E-state index contributed by atoms with van der Waals surface area (Å²) in [5, 5.41) is 3.44. The molecule has 1 unspecified atom stereocenters. The zero-order valence-electron chi connectivity index (χ0n) is 13.2. The third kappa shape index (κ3) is 2.76. The molecule has 0 bridgehead atoms. The molecule has 114 valence electrons. The zero-order valence-corrected chi connectivity index (χ0v) is 13.2. The van der Waals surface area contributed by atoms with E-state index in [2.05, 4.69) is 48.6 Å². The summed E-state index contributed by atoms with van der Waals surface area (Å²) in [6.07, 6.45) is 3.41. The Labute approximate surface area is 132 Å². The molecule has 0 aliphatic carbocycles. The molecule has 0 aromatic heterocycles. The molecule has 1 N–H and O–H groups in total. The third-order valence-corrected chi connectivity index (χ3v) is 4.88. The molecule has 0 amide bonds. The van der Waals surface area contributed by atoms with Gasteiger partial charge in [0.25, 0.3) is 0 Å². The summed E-state index contributed by atoms with van der Waals surface area (Å²) < 4.78 is 5.97. The van der Waals surface area contributed by atoms with Gasteiger partial charge in [-0.15, -0.1) is 0 Å². The molecule has 0 spiro atoms. The Kier molecular flexibility index (Phi) is 3.63. The minimum Gasteiger partial charge on any atom is -0.493 e. The number of rotatable bonds is 2. The summed E-state index contributed by atoms with van der Waals surface area (Å²) in [6, 6.07) is 13.6. The number of fused-ring (bicyclic) bond motifs is 2. The highest BCUT2D eigenvalue weighted by atomic mass is 16.5. The van der Waals surface area contributed by atoms with Gasteiger partial charge in [-0.1, -0.05) is 35.9 Å². The molecule has 2 aromatic rings. The van der Waals surface area contributed by atoms with Crippen molar-refractivity contribution in [2.45, 2.75) is 32.7 Å². The summed E-state index contributed by atoms with van der Waals surface area (Å²) in [5.74, 6) is 1.67. The van der Waals surface area contributed by atoms with E-state index in [1.165, 1.54) is 27.8 Å². The Morgan fingerprint density at radius 2 is 2.05 bits per heavy atom. The van der Waals surface area contributed by atoms with Crippen molar-refractivity contribution in [3.05, 3.63) is 64.2 Å². The van der Waals surface area contributed by atoms with Crippen molar-refractivity contribution in [2.24, 2.45) is 5.92 Å². The van der Waals surface area contributed by atoms with E-state index in [0.29, 0.717) is 5.92 Å². The van der Waals surface area contributed by atoms with Crippen LogP contribution in [0.4, 0.5) is 0 Å². The van der Waals surface area contributed by atoms with E-state index in [0.717, 1.165) is 44.7 Å². The number of nitrogens with one attached hydrogen (secondary N) is 1. The average molecular weight is 293 g/mol. The standard InChI is InChI=1S/C20H23NO/c1-14-2-5-20-19(8-14)11-16(13-22-20)9-15-3-4-18-12-21-7-6-17(18)10-15/h2-5,8,10,16,21H,6-7,9,11-13H2,1H3. The number of aryl methyl sites for hydroxylation is 1. The molecule has 0 radical (unpaired) electrons. The van der Waals surface area contributed by atoms with Crippen LogP contribution in [0.15, 0.2) is 36.4 Å². The molecular formula is C20H23NO. The van der Waals surface area contributed by atoms with Crippen molar-refractivity contribution >= 4 is 0 Å². The van der Waals surface area contributed by atoms with Crippen molar-refractivity contribution in [3.63, 3.8) is 0 Å². The van der Waals surface area contributed by atoms with E-state index in [-0.39, 0.29) is 0 Å². The number of ether oxygens (including phenoxy) is 1. The van der Waals surface area contributed by atoms with Gasteiger partial charge >= 0.3 is 0 Å². The lowest BCUT2D eigenvalue weighted by Gasteiger charge is -2.26. The van der Waals surface area contributed by atoms with E-state index in [1.807, 2.05) is 0 Å². The fourth-order valence-electron chi connectivity index (χ4n) is 3.71. The van der Waals surface area contributed by atoms with Crippen LogP contribution in [0.3, 0.4) is 0 Å². The van der Waals surface area contributed by atoms with Gasteiger partial charge < -0.3 is 10.1 Å². The van der Waals surface area contributed by atoms with E-state index in [1.54, 1.807) is 0 Å². The normalized spacial score (nSPS) is 20.0. The van der Waals surface area contributed by atoms with Crippen LogP contribution in [0.2, 0.25) is 0 Å². The summed E-state index contributed by atoms with van der Waals surface area (Å²) >= 11 is 0. The maximum Gasteiger partial charge on any atom is 0.122 e. The van der Waals surface area contributed by atoms with Gasteiger partial charge in [-0.05, 0) is 61.1 Å². The lowest BCUT2D eigenvalue weighted by Crippen LogP contribution is -2.25. The van der Waals surface area contributed by atoms with Crippen LogP contribution in [0.1, 0.15) is 27.8 Å². The van der Waals surface area contributed by atoms with Crippen molar-refractivity contribution in [1.82, 2.24) is 5.32 Å². The average Bonchev–Trinajstić information content (AvgIpc) is 2.54. The van der Waals surface area contributed by atoms with Crippen LogP contribution >= 0.6 is 0 Å². The molecule has 1 atom stereocenters. The second-order valence-electron chi connectivity index (χ2n) is 6.73. The molecule has 22 heavy (non-hydrogen) atoms. The van der Waals surface area contributed by atoms with Crippen LogP contribution in [0.25, 0.3) is 0 Å². The molecule has 0 saturated carbocycles. The third-order valence-electron chi connectivity index (χ3n) is 4.88. The zero-order chi connectivity index (χ0) is 14.9. The molecule has 2 aromatic carbocycles. The number of hydrogen-bond donors (Lipinski definition) is 1. The Hall–Kier alpha value is -1.80. The van der Waals surface area contributed by atoms with Gasteiger partial charge in [0.05, 0.1) is 6.61 Å². The van der Waals surface area contributed by atoms with Crippen LogP contribution in [0.5, 0.6) is 5.75 Å². The highest BCUT2D eigenvalue weighted by molar-refractivity contribution is 5.39. The molecule has 2 aliphatic heterocycles. The van der Waals surface area contributed by atoms with Gasteiger partial charge in [0.1, 0.15) is 5.75 Å². The Balaban J connectivity index is 1.50. The maximum atomic E-state index is 5.97. The van der Waals surface area contributed by atoms with Gasteiger partial charge in [0.15, 0.2) is 0 Å². The predicted octanol–water partition coefficient (Wildman–Crippen LogP) is 3.43. The van der Waals surface area contributed by atoms with Crippen molar-refractivity contribution in [1.29, 1.82) is 0 Å². The summed E-state index contributed by atoms with van der Waals surface area (Å²) in [5.41, 5.74) is 7.16. The maximum absolute atomic E-state index is 5.97.